The lowest BCUT2D eigenvalue weighted by Gasteiger charge is -2.39. The molecule has 1 fully saturated rings. The fourth-order valence-corrected chi connectivity index (χ4v) is 1.92. The molecule has 0 bridgehead atoms. The molecule has 3 nitrogen and oxygen atoms in total. The third kappa shape index (κ3) is 2.44. The van der Waals surface area contributed by atoms with Crippen molar-refractivity contribution >= 4 is 5.91 Å². The van der Waals surface area contributed by atoms with E-state index in [4.69, 9.17) is 0 Å². The minimum absolute atomic E-state index is 0.294. The van der Waals surface area contributed by atoms with E-state index in [1.807, 2.05) is 11.8 Å². The van der Waals surface area contributed by atoms with Crippen LogP contribution in [-0.2, 0) is 4.79 Å². The largest absolute Gasteiger partial charge is 0.340 e. The van der Waals surface area contributed by atoms with Crippen LogP contribution in [-0.4, -0.2) is 47.9 Å². The summed E-state index contributed by atoms with van der Waals surface area (Å²) in [5.74, 6) is 0.294. The van der Waals surface area contributed by atoms with Gasteiger partial charge in [-0.05, 0) is 13.5 Å². The molecule has 1 aliphatic heterocycles. The summed E-state index contributed by atoms with van der Waals surface area (Å²) in [4.78, 5) is 15.8. The first kappa shape index (κ1) is 10.5. The molecule has 1 heterocycles. The molecule has 1 saturated heterocycles. The Bertz CT molecular complexity index is 182. The fourth-order valence-electron chi connectivity index (χ4n) is 1.92. The highest BCUT2D eigenvalue weighted by Gasteiger charge is 2.24. The first-order valence-electron chi connectivity index (χ1n) is 5.20. The van der Waals surface area contributed by atoms with Crippen molar-refractivity contribution in [1.82, 2.24) is 9.80 Å². The zero-order valence-corrected chi connectivity index (χ0v) is 8.92. The lowest BCUT2D eigenvalue weighted by molar-refractivity contribution is -0.133. The zero-order valence-electron chi connectivity index (χ0n) is 8.92. The highest BCUT2D eigenvalue weighted by molar-refractivity contribution is 5.75. The monoisotopic (exact) mass is 184 g/mol. The average Bonchev–Trinajstić information content (AvgIpc) is 2.16. The van der Waals surface area contributed by atoms with Crippen LogP contribution >= 0.6 is 0 Å². The maximum atomic E-state index is 11.4. The predicted octanol–water partition coefficient (Wildman–Crippen LogP) is 0.949. The maximum absolute atomic E-state index is 11.4. The van der Waals surface area contributed by atoms with Crippen molar-refractivity contribution < 1.29 is 4.79 Å². The number of likely N-dealkylation sites (N-methyl/N-ethyl adjacent to an activating group) is 1. The lowest BCUT2D eigenvalue weighted by Crippen LogP contribution is -2.53. The van der Waals surface area contributed by atoms with Crippen LogP contribution in [0.1, 0.15) is 27.2 Å². The molecule has 0 radical (unpaired) electrons. The van der Waals surface area contributed by atoms with Crippen LogP contribution in [0, 0.1) is 0 Å². The van der Waals surface area contributed by atoms with E-state index in [2.05, 4.69) is 18.7 Å². The normalized spacial score (nSPS) is 24.8. The molecule has 1 atom stereocenters. The Hall–Kier alpha value is -0.570. The van der Waals surface area contributed by atoms with Gasteiger partial charge in [-0.25, -0.2) is 0 Å². The van der Waals surface area contributed by atoms with Crippen LogP contribution in [0.2, 0.25) is 0 Å². The topological polar surface area (TPSA) is 23.6 Å². The summed E-state index contributed by atoms with van der Waals surface area (Å²) in [6.45, 7) is 10.2. The number of hydrogen-bond acceptors (Lipinski definition) is 2. The van der Waals surface area contributed by atoms with Crippen LogP contribution in [0.4, 0.5) is 0 Å². The van der Waals surface area contributed by atoms with Crippen LogP contribution < -0.4 is 0 Å². The zero-order chi connectivity index (χ0) is 9.84. The minimum Gasteiger partial charge on any atom is -0.340 e. The Labute approximate surface area is 80.7 Å². The summed E-state index contributed by atoms with van der Waals surface area (Å²) >= 11 is 0. The Morgan fingerprint density at radius 1 is 1.38 bits per heavy atom. The second kappa shape index (κ2) is 4.61. The summed E-state index contributed by atoms with van der Waals surface area (Å²) in [5.41, 5.74) is 0. The standard InChI is InChI=1S/C10H20N2O/c1-4-10(13)12-7-6-11(5-2)9(3)8-12/h9H,4-8H2,1-3H3. The van der Waals surface area contributed by atoms with Crippen molar-refractivity contribution in [2.75, 3.05) is 26.2 Å². The van der Waals surface area contributed by atoms with E-state index < -0.39 is 0 Å². The summed E-state index contributed by atoms with van der Waals surface area (Å²) in [7, 11) is 0. The smallest absolute Gasteiger partial charge is 0.222 e. The molecule has 1 rings (SSSR count). The summed E-state index contributed by atoms with van der Waals surface area (Å²) in [6, 6.07) is 0.522. The van der Waals surface area contributed by atoms with Gasteiger partial charge in [0.1, 0.15) is 0 Å². The molecule has 13 heavy (non-hydrogen) atoms. The predicted molar refractivity (Wildman–Crippen MR) is 53.6 cm³/mol. The van der Waals surface area contributed by atoms with Crippen LogP contribution in [0.5, 0.6) is 0 Å². The number of amides is 1. The minimum atomic E-state index is 0.294. The van der Waals surface area contributed by atoms with Gasteiger partial charge in [0.05, 0.1) is 0 Å². The quantitative estimate of drug-likeness (QED) is 0.638. The van der Waals surface area contributed by atoms with Crippen molar-refractivity contribution in [2.24, 2.45) is 0 Å². The van der Waals surface area contributed by atoms with Gasteiger partial charge in [0.15, 0.2) is 0 Å². The Balaban J connectivity index is 2.45. The van der Waals surface area contributed by atoms with Crippen molar-refractivity contribution in [3.05, 3.63) is 0 Å². The highest BCUT2D eigenvalue weighted by Crippen LogP contribution is 2.09. The van der Waals surface area contributed by atoms with Gasteiger partial charge in [-0.1, -0.05) is 13.8 Å². The van der Waals surface area contributed by atoms with Crippen molar-refractivity contribution in [1.29, 1.82) is 0 Å². The van der Waals surface area contributed by atoms with E-state index >= 15 is 0 Å². The maximum Gasteiger partial charge on any atom is 0.222 e. The highest BCUT2D eigenvalue weighted by atomic mass is 16.2. The lowest BCUT2D eigenvalue weighted by atomic mass is 10.2. The van der Waals surface area contributed by atoms with Crippen molar-refractivity contribution in [3.63, 3.8) is 0 Å². The van der Waals surface area contributed by atoms with E-state index in [0.29, 0.717) is 18.4 Å². The van der Waals surface area contributed by atoms with Gasteiger partial charge in [-0.2, -0.15) is 0 Å². The second-order valence-corrected chi connectivity index (χ2v) is 3.67. The molecule has 3 heteroatoms. The molecule has 76 valence electrons. The summed E-state index contributed by atoms with van der Waals surface area (Å²) in [6.07, 6.45) is 0.638. The van der Waals surface area contributed by atoms with Crippen LogP contribution in [0.25, 0.3) is 0 Å². The number of hydrogen-bond donors (Lipinski definition) is 0. The van der Waals surface area contributed by atoms with E-state index in [1.165, 1.54) is 0 Å². The molecule has 0 aromatic rings. The van der Waals surface area contributed by atoms with Gasteiger partial charge in [0, 0.05) is 32.1 Å². The molecule has 1 unspecified atom stereocenters. The van der Waals surface area contributed by atoms with Crippen molar-refractivity contribution in [2.45, 2.75) is 33.2 Å². The fraction of sp³-hybridized carbons (Fsp3) is 0.900. The van der Waals surface area contributed by atoms with Crippen LogP contribution in [0.15, 0.2) is 0 Å². The van der Waals surface area contributed by atoms with Gasteiger partial charge in [0.25, 0.3) is 0 Å². The first-order valence-corrected chi connectivity index (χ1v) is 5.20. The van der Waals surface area contributed by atoms with E-state index in [1.54, 1.807) is 0 Å². The van der Waals surface area contributed by atoms with E-state index in [9.17, 15) is 4.79 Å². The third-order valence-electron chi connectivity index (χ3n) is 2.83. The summed E-state index contributed by atoms with van der Waals surface area (Å²) in [5, 5.41) is 0. The molecule has 0 spiro atoms. The summed E-state index contributed by atoms with van der Waals surface area (Å²) < 4.78 is 0. The van der Waals surface area contributed by atoms with Gasteiger partial charge in [-0.15, -0.1) is 0 Å². The number of carbonyl (C=O) groups is 1. The van der Waals surface area contributed by atoms with Gasteiger partial charge < -0.3 is 4.90 Å². The van der Waals surface area contributed by atoms with Crippen molar-refractivity contribution in [3.8, 4) is 0 Å². The Morgan fingerprint density at radius 2 is 2.08 bits per heavy atom. The SMILES string of the molecule is CCC(=O)N1CCN(CC)C(C)C1. The van der Waals surface area contributed by atoms with Gasteiger partial charge in [-0.3, -0.25) is 9.69 Å². The number of rotatable bonds is 2. The van der Waals surface area contributed by atoms with E-state index in [0.717, 1.165) is 26.2 Å². The molecule has 0 aromatic carbocycles. The molecular formula is C10H20N2O. The third-order valence-corrected chi connectivity index (χ3v) is 2.83. The van der Waals surface area contributed by atoms with Gasteiger partial charge >= 0.3 is 0 Å². The molecule has 0 aliphatic carbocycles. The Morgan fingerprint density at radius 3 is 2.54 bits per heavy atom. The molecule has 1 amide bonds. The molecule has 0 N–H and O–H groups in total. The van der Waals surface area contributed by atoms with Crippen LogP contribution in [0.3, 0.4) is 0 Å². The molecule has 0 aromatic heterocycles. The molecule has 1 aliphatic rings. The molecule has 0 saturated carbocycles. The first-order chi connectivity index (χ1) is 6.19. The number of piperazine rings is 1. The molecular weight excluding hydrogens is 164 g/mol. The number of nitrogens with zero attached hydrogens (tertiary/aromatic N) is 2. The van der Waals surface area contributed by atoms with E-state index in [-0.39, 0.29) is 0 Å². The second-order valence-electron chi connectivity index (χ2n) is 3.67. The Kier molecular flexibility index (Phi) is 3.72. The number of carbonyl (C=O) groups excluding carboxylic acids is 1. The average molecular weight is 184 g/mol. The van der Waals surface area contributed by atoms with Gasteiger partial charge in [0.2, 0.25) is 5.91 Å².